The fraction of sp³-hybridized carbons (Fsp3) is 0.786. The maximum atomic E-state index is 9.60. The summed E-state index contributed by atoms with van der Waals surface area (Å²) in [6, 6.07) is 0. The Hall–Kier alpha value is -1.07. The average molecular weight is 342 g/mol. The molecule has 0 amide bonds. The third-order valence-corrected chi connectivity index (χ3v) is 1.68. The van der Waals surface area contributed by atoms with Gasteiger partial charge in [0.1, 0.15) is 0 Å². The van der Waals surface area contributed by atoms with E-state index in [0.717, 1.165) is 0 Å². The van der Waals surface area contributed by atoms with Crippen molar-refractivity contribution in [3.63, 3.8) is 0 Å². The molecule has 0 unspecified atom stereocenters. The zero-order valence-electron chi connectivity index (χ0n) is 13.6. The molecule has 0 aromatic carbocycles. The van der Waals surface area contributed by atoms with E-state index in [1.165, 1.54) is 6.92 Å². The maximum absolute atomic E-state index is 9.60. The van der Waals surface area contributed by atoms with Crippen molar-refractivity contribution in [2.75, 3.05) is 66.1 Å². The molecule has 0 bridgehead atoms. The minimum atomic E-state index is -0.935. The van der Waals surface area contributed by atoms with Gasteiger partial charge in [0, 0.05) is 5.57 Å². The largest absolute Gasteiger partial charge is 0.478 e. The van der Waals surface area contributed by atoms with E-state index in [-0.39, 0.29) is 32.0 Å². The van der Waals surface area contributed by atoms with Crippen molar-refractivity contribution < 1.29 is 44.5 Å². The zero-order valence-corrected chi connectivity index (χ0v) is 13.6. The van der Waals surface area contributed by atoms with Gasteiger partial charge < -0.3 is 39.7 Å². The van der Waals surface area contributed by atoms with Crippen LogP contribution in [0, 0.1) is 0 Å². The van der Waals surface area contributed by atoms with Gasteiger partial charge in [-0.05, 0) is 6.92 Å². The summed E-state index contributed by atoms with van der Waals surface area (Å²) in [4.78, 5) is 9.60. The molecule has 0 aliphatic carbocycles. The van der Waals surface area contributed by atoms with Crippen LogP contribution in [-0.2, 0) is 19.0 Å². The van der Waals surface area contributed by atoms with E-state index in [2.05, 4.69) is 11.3 Å². The lowest BCUT2D eigenvalue weighted by atomic mass is 10.4. The molecular weight excluding hydrogens is 312 g/mol. The Labute approximate surface area is 136 Å². The third-order valence-electron chi connectivity index (χ3n) is 1.68. The summed E-state index contributed by atoms with van der Waals surface area (Å²) in [5.74, 6) is -0.935. The molecule has 0 saturated carbocycles. The molecule has 0 atom stereocenters. The first-order valence-corrected chi connectivity index (χ1v) is 7.03. The molecule has 0 aliphatic heterocycles. The maximum Gasteiger partial charge on any atom is 0.330 e. The van der Waals surface area contributed by atoms with E-state index in [4.69, 9.17) is 35.0 Å². The molecule has 0 aliphatic rings. The van der Waals surface area contributed by atoms with E-state index in [0.29, 0.717) is 39.6 Å². The van der Waals surface area contributed by atoms with E-state index in [1.54, 1.807) is 0 Å². The highest BCUT2D eigenvalue weighted by molar-refractivity contribution is 5.84. The van der Waals surface area contributed by atoms with Crippen LogP contribution in [0.5, 0.6) is 0 Å². The molecule has 23 heavy (non-hydrogen) atoms. The number of ether oxygens (including phenoxy) is 3. The quantitative estimate of drug-likeness (QED) is 0.214. The van der Waals surface area contributed by atoms with Gasteiger partial charge in [-0.2, -0.15) is 0 Å². The minimum Gasteiger partial charge on any atom is -0.478 e. The molecular formula is C14H30O9. The van der Waals surface area contributed by atoms with E-state index in [9.17, 15) is 4.79 Å². The first-order chi connectivity index (χ1) is 11.0. The second kappa shape index (κ2) is 25.9. The fourth-order valence-corrected chi connectivity index (χ4v) is 0.682. The molecule has 5 N–H and O–H groups in total. The van der Waals surface area contributed by atoms with Gasteiger partial charge in [0.25, 0.3) is 0 Å². The summed E-state index contributed by atoms with van der Waals surface area (Å²) in [5.41, 5.74) is 0.176. The number of rotatable bonds is 12. The molecule has 0 rings (SSSR count). The summed E-state index contributed by atoms with van der Waals surface area (Å²) in [7, 11) is 0. The number of carboxylic acid groups (broad SMARTS) is 1. The van der Waals surface area contributed by atoms with Crippen molar-refractivity contribution in [3.05, 3.63) is 12.2 Å². The molecule has 0 aromatic heterocycles. The molecule has 0 heterocycles. The lowest BCUT2D eigenvalue weighted by molar-refractivity contribution is -0.132. The monoisotopic (exact) mass is 342 g/mol. The van der Waals surface area contributed by atoms with E-state index >= 15 is 0 Å². The van der Waals surface area contributed by atoms with Crippen LogP contribution in [0.3, 0.4) is 0 Å². The first-order valence-electron chi connectivity index (χ1n) is 7.03. The Bertz CT molecular complexity index is 222. The van der Waals surface area contributed by atoms with Gasteiger partial charge in [0.05, 0.1) is 66.1 Å². The molecule has 0 fully saturated rings. The Morgan fingerprint density at radius 3 is 1.13 bits per heavy atom. The predicted molar refractivity (Wildman–Crippen MR) is 83.3 cm³/mol. The predicted octanol–water partition coefficient (Wildman–Crippen LogP) is -1.36. The average Bonchev–Trinajstić information content (AvgIpc) is 2.52. The molecule has 140 valence electrons. The van der Waals surface area contributed by atoms with Crippen LogP contribution < -0.4 is 0 Å². The van der Waals surface area contributed by atoms with Crippen LogP contribution in [0.25, 0.3) is 0 Å². The van der Waals surface area contributed by atoms with Gasteiger partial charge in [-0.3, -0.25) is 0 Å². The summed E-state index contributed by atoms with van der Waals surface area (Å²) >= 11 is 0. The van der Waals surface area contributed by atoms with Gasteiger partial charge in [-0.25, -0.2) is 4.79 Å². The summed E-state index contributed by atoms with van der Waals surface area (Å²) < 4.78 is 14.4. The van der Waals surface area contributed by atoms with Crippen molar-refractivity contribution in [3.8, 4) is 0 Å². The van der Waals surface area contributed by atoms with Crippen LogP contribution in [0.2, 0.25) is 0 Å². The molecule has 0 spiro atoms. The Morgan fingerprint density at radius 2 is 0.957 bits per heavy atom. The minimum absolute atomic E-state index is 0.0278. The molecule has 9 heteroatoms. The topological polar surface area (TPSA) is 146 Å². The SMILES string of the molecule is C=C(C)C(=O)O.OCCOCCO.OCCOCCOCCO. The van der Waals surface area contributed by atoms with Gasteiger partial charge in [-0.15, -0.1) is 0 Å². The Kier molecular flexibility index (Phi) is 30.1. The summed E-state index contributed by atoms with van der Waals surface area (Å²) in [5, 5.41) is 40.6. The van der Waals surface area contributed by atoms with Crippen LogP contribution in [0.1, 0.15) is 6.92 Å². The van der Waals surface area contributed by atoms with Gasteiger partial charge in [0.2, 0.25) is 0 Å². The third kappa shape index (κ3) is 38.7. The number of carbonyl (C=O) groups is 1. The molecule has 9 nitrogen and oxygen atoms in total. The number of hydrogen-bond donors (Lipinski definition) is 5. The van der Waals surface area contributed by atoms with E-state index < -0.39 is 5.97 Å². The van der Waals surface area contributed by atoms with Gasteiger partial charge in [-0.1, -0.05) is 6.58 Å². The lowest BCUT2D eigenvalue weighted by Gasteiger charge is -2.01. The normalized spacial score (nSPS) is 9.26. The summed E-state index contributed by atoms with van der Waals surface area (Å²) in [6.45, 7) is 7.03. The molecule has 0 saturated heterocycles. The van der Waals surface area contributed by atoms with Gasteiger partial charge >= 0.3 is 5.97 Å². The van der Waals surface area contributed by atoms with Crippen molar-refractivity contribution in [1.29, 1.82) is 0 Å². The van der Waals surface area contributed by atoms with E-state index in [1.807, 2.05) is 0 Å². The van der Waals surface area contributed by atoms with Crippen LogP contribution in [0.4, 0.5) is 0 Å². The highest BCUT2D eigenvalue weighted by Gasteiger charge is 1.90. The van der Waals surface area contributed by atoms with Crippen LogP contribution >= 0.6 is 0 Å². The first kappa shape index (κ1) is 26.8. The number of carboxylic acids is 1. The van der Waals surface area contributed by atoms with Crippen molar-refractivity contribution in [2.45, 2.75) is 6.92 Å². The Balaban J connectivity index is -0.000000272. The van der Waals surface area contributed by atoms with Gasteiger partial charge in [0.15, 0.2) is 0 Å². The molecule has 0 aromatic rings. The fourth-order valence-electron chi connectivity index (χ4n) is 0.682. The van der Waals surface area contributed by atoms with Crippen molar-refractivity contribution in [2.24, 2.45) is 0 Å². The highest BCUT2D eigenvalue weighted by atomic mass is 16.5. The lowest BCUT2D eigenvalue weighted by Crippen LogP contribution is -2.09. The second-order valence-electron chi connectivity index (χ2n) is 3.82. The number of aliphatic carboxylic acids is 1. The van der Waals surface area contributed by atoms with Crippen LogP contribution in [0.15, 0.2) is 12.2 Å². The molecule has 0 radical (unpaired) electrons. The highest BCUT2D eigenvalue weighted by Crippen LogP contribution is 1.81. The second-order valence-corrected chi connectivity index (χ2v) is 3.82. The standard InChI is InChI=1S/C6H14O4.C4H10O3.C4H6O2/c7-1-3-9-5-6-10-4-2-8;5-1-3-7-4-2-6;1-3(2)4(5)6/h7-8H,1-6H2;5-6H,1-4H2;1H2,2H3,(H,5,6). The number of hydrogen-bond acceptors (Lipinski definition) is 8. The van der Waals surface area contributed by atoms with Crippen LogP contribution in [-0.4, -0.2) is 97.6 Å². The van der Waals surface area contributed by atoms with Crippen molar-refractivity contribution in [1.82, 2.24) is 0 Å². The smallest absolute Gasteiger partial charge is 0.330 e. The zero-order chi connectivity index (χ0) is 18.3. The van der Waals surface area contributed by atoms with Crippen molar-refractivity contribution >= 4 is 5.97 Å². The number of aliphatic hydroxyl groups excluding tert-OH is 4. The number of aliphatic hydroxyl groups is 4. The summed E-state index contributed by atoms with van der Waals surface area (Å²) in [6.07, 6.45) is 0. The Morgan fingerprint density at radius 1 is 0.739 bits per heavy atom.